The van der Waals surface area contributed by atoms with Crippen LogP contribution in [0.25, 0.3) is 0 Å². The number of hydrogen-bond acceptors (Lipinski definition) is 4. The van der Waals surface area contributed by atoms with Crippen LogP contribution in [0.5, 0.6) is 11.5 Å². The summed E-state index contributed by atoms with van der Waals surface area (Å²) in [7, 11) is 0. The number of ether oxygens (including phenoxy) is 3. The predicted molar refractivity (Wildman–Crippen MR) is 107 cm³/mol. The molecule has 2 aromatic carbocycles. The zero-order chi connectivity index (χ0) is 21.8. The first-order chi connectivity index (χ1) is 14.1. The van der Waals surface area contributed by atoms with Gasteiger partial charge in [0, 0.05) is 11.8 Å². The summed E-state index contributed by atoms with van der Waals surface area (Å²) in [5.41, 5.74) is 1.92. The topological polar surface area (TPSA) is 51.2 Å². The molecule has 2 aromatic rings. The summed E-state index contributed by atoms with van der Waals surface area (Å²) in [6.07, 6.45) is -6.61. The molecule has 30 heavy (non-hydrogen) atoms. The maximum absolute atomic E-state index is 12.2. The molecular weight excluding hydrogens is 397 g/mol. The summed E-state index contributed by atoms with van der Waals surface area (Å²) in [4.78, 5) is 0. The largest absolute Gasteiger partial charge is 0.491 e. The Bertz CT molecular complexity index is 797. The molecule has 1 N–H and O–H groups in total. The molecule has 0 saturated carbocycles. The molecule has 2 atom stereocenters. The summed E-state index contributed by atoms with van der Waals surface area (Å²) >= 11 is 0. The number of halogens is 3. The fourth-order valence-corrected chi connectivity index (χ4v) is 3.06. The van der Waals surface area contributed by atoms with Crippen molar-refractivity contribution in [3.05, 3.63) is 59.7 Å². The number of aliphatic hydroxyl groups excluding tert-OH is 1. The summed E-state index contributed by atoms with van der Waals surface area (Å²) < 4.78 is 52.9. The lowest BCUT2D eigenvalue weighted by Crippen LogP contribution is -2.21. The minimum atomic E-state index is -4.27. The van der Waals surface area contributed by atoms with Gasteiger partial charge in [-0.15, -0.1) is 0 Å². The van der Waals surface area contributed by atoms with Crippen molar-refractivity contribution in [2.75, 3.05) is 19.8 Å². The molecule has 0 radical (unpaired) electrons. The highest BCUT2D eigenvalue weighted by Gasteiger charge is 2.28. The van der Waals surface area contributed by atoms with Crippen LogP contribution in [-0.4, -0.2) is 43.3 Å². The maximum Gasteiger partial charge on any atom is 0.389 e. The molecule has 0 amide bonds. The van der Waals surface area contributed by atoms with E-state index in [0.717, 1.165) is 23.5 Å². The molecule has 1 aliphatic rings. The zero-order valence-electron chi connectivity index (χ0n) is 17.1. The van der Waals surface area contributed by atoms with Crippen LogP contribution in [-0.2, 0) is 10.2 Å². The number of hydrogen-bond donors (Lipinski definition) is 1. The summed E-state index contributed by atoms with van der Waals surface area (Å²) in [5, 5.41) is 9.66. The Labute approximate surface area is 174 Å². The van der Waals surface area contributed by atoms with Crippen LogP contribution in [0, 0.1) is 0 Å². The van der Waals surface area contributed by atoms with E-state index in [2.05, 4.69) is 13.8 Å². The van der Waals surface area contributed by atoms with E-state index in [4.69, 9.17) is 14.2 Å². The molecule has 2 unspecified atom stereocenters. The Morgan fingerprint density at radius 2 is 1.47 bits per heavy atom. The van der Waals surface area contributed by atoms with E-state index in [1.165, 1.54) is 0 Å². The molecule has 1 saturated heterocycles. The lowest BCUT2D eigenvalue weighted by molar-refractivity contribution is -0.140. The van der Waals surface area contributed by atoms with Crippen LogP contribution in [0.3, 0.4) is 0 Å². The Balaban J connectivity index is 1.54. The molecule has 3 rings (SSSR count). The van der Waals surface area contributed by atoms with E-state index in [1.54, 1.807) is 12.1 Å². The molecule has 7 heteroatoms. The molecule has 4 nitrogen and oxygen atoms in total. The molecule has 0 spiro atoms. The normalized spacial score (nSPS) is 17.5. The van der Waals surface area contributed by atoms with Gasteiger partial charge >= 0.3 is 6.18 Å². The fourth-order valence-electron chi connectivity index (χ4n) is 3.06. The average Bonchev–Trinajstić information content (AvgIpc) is 3.54. The fraction of sp³-hybridized carbons (Fsp3) is 0.478. The second-order valence-corrected chi connectivity index (χ2v) is 8.06. The average molecular weight is 424 g/mol. The van der Waals surface area contributed by atoms with Crippen molar-refractivity contribution >= 4 is 0 Å². The van der Waals surface area contributed by atoms with Crippen LogP contribution < -0.4 is 9.47 Å². The Morgan fingerprint density at radius 3 is 1.93 bits per heavy atom. The highest BCUT2D eigenvalue weighted by Crippen LogP contribution is 2.33. The number of alkyl halides is 3. The van der Waals surface area contributed by atoms with Gasteiger partial charge in [0.1, 0.15) is 30.8 Å². The van der Waals surface area contributed by atoms with E-state index in [-0.39, 0.29) is 24.5 Å². The van der Waals surface area contributed by atoms with Crippen LogP contribution in [0.2, 0.25) is 0 Å². The van der Waals surface area contributed by atoms with Gasteiger partial charge in [-0.25, -0.2) is 0 Å². The van der Waals surface area contributed by atoms with Gasteiger partial charge in [-0.05, 0) is 41.8 Å². The first kappa shape index (κ1) is 22.4. The molecule has 0 aliphatic carbocycles. The molecule has 1 aliphatic heterocycles. The molecule has 1 heterocycles. The summed E-state index contributed by atoms with van der Waals surface area (Å²) in [6.45, 7) is 5.37. The standard InChI is InChI=1S/C23H27F3O4/c1-22(2,17-5-9-20(10-6-17)29-14-21-15-30-21)16-3-7-19(8-4-16)28-13-18(27)11-12-23(24,25)26/h3-10,18,21,27H,11-15H2,1-2H3. The van der Waals surface area contributed by atoms with Gasteiger partial charge in [0.05, 0.1) is 12.7 Å². The van der Waals surface area contributed by atoms with Crippen LogP contribution in [0.15, 0.2) is 48.5 Å². The van der Waals surface area contributed by atoms with Gasteiger partial charge in [-0.3, -0.25) is 0 Å². The van der Waals surface area contributed by atoms with Gasteiger partial charge in [0.25, 0.3) is 0 Å². The van der Waals surface area contributed by atoms with Gasteiger partial charge in [-0.2, -0.15) is 13.2 Å². The quantitative estimate of drug-likeness (QED) is 0.553. The van der Waals surface area contributed by atoms with Gasteiger partial charge in [0.2, 0.25) is 0 Å². The monoisotopic (exact) mass is 424 g/mol. The Kier molecular flexibility index (Phi) is 6.93. The first-order valence-electron chi connectivity index (χ1n) is 9.96. The van der Waals surface area contributed by atoms with Crippen molar-refractivity contribution in [3.63, 3.8) is 0 Å². The minimum Gasteiger partial charge on any atom is -0.491 e. The molecule has 0 aromatic heterocycles. The van der Waals surface area contributed by atoms with Crippen molar-refractivity contribution in [2.45, 2.75) is 50.5 Å². The number of aliphatic hydroxyl groups is 1. The summed E-state index contributed by atoms with van der Waals surface area (Å²) in [5.74, 6) is 1.31. The zero-order valence-corrected chi connectivity index (χ0v) is 17.1. The second kappa shape index (κ2) is 9.27. The number of rotatable bonds is 10. The van der Waals surface area contributed by atoms with Gasteiger partial charge in [-0.1, -0.05) is 38.1 Å². The third kappa shape index (κ3) is 6.64. The van der Waals surface area contributed by atoms with Crippen molar-refractivity contribution in [2.24, 2.45) is 0 Å². The molecule has 1 fully saturated rings. The Hall–Kier alpha value is -2.25. The predicted octanol–water partition coefficient (Wildman–Crippen LogP) is 4.87. The smallest absolute Gasteiger partial charge is 0.389 e. The van der Waals surface area contributed by atoms with Crippen molar-refractivity contribution in [3.8, 4) is 11.5 Å². The molecule has 0 bridgehead atoms. The minimum absolute atomic E-state index is 0.174. The van der Waals surface area contributed by atoms with E-state index in [9.17, 15) is 18.3 Å². The third-order valence-corrected chi connectivity index (χ3v) is 5.19. The van der Waals surface area contributed by atoms with Crippen LogP contribution in [0.1, 0.15) is 37.8 Å². The van der Waals surface area contributed by atoms with Gasteiger partial charge in [0.15, 0.2) is 0 Å². The van der Waals surface area contributed by atoms with E-state index < -0.39 is 18.7 Å². The van der Waals surface area contributed by atoms with E-state index in [0.29, 0.717) is 12.4 Å². The van der Waals surface area contributed by atoms with Crippen molar-refractivity contribution < 1.29 is 32.5 Å². The van der Waals surface area contributed by atoms with E-state index in [1.807, 2.05) is 36.4 Å². The summed E-state index contributed by atoms with van der Waals surface area (Å²) in [6, 6.07) is 15.3. The van der Waals surface area contributed by atoms with Crippen molar-refractivity contribution in [1.82, 2.24) is 0 Å². The third-order valence-electron chi connectivity index (χ3n) is 5.19. The van der Waals surface area contributed by atoms with Crippen LogP contribution >= 0.6 is 0 Å². The Morgan fingerprint density at radius 1 is 0.967 bits per heavy atom. The maximum atomic E-state index is 12.2. The van der Waals surface area contributed by atoms with Crippen molar-refractivity contribution in [1.29, 1.82) is 0 Å². The van der Waals surface area contributed by atoms with Gasteiger partial charge < -0.3 is 19.3 Å². The number of benzene rings is 2. The number of epoxide rings is 1. The lowest BCUT2D eigenvalue weighted by Gasteiger charge is -2.26. The van der Waals surface area contributed by atoms with Crippen LogP contribution in [0.4, 0.5) is 13.2 Å². The lowest BCUT2D eigenvalue weighted by atomic mass is 9.78. The first-order valence-corrected chi connectivity index (χ1v) is 9.96. The molecule has 164 valence electrons. The van der Waals surface area contributed by atoms with E-state index >= 15 is 0 Å². The highest BCUT2D eigenvalue weighted by molar-refractivity contribution is 5.41. The molecular formula is C23H27F3O4. The highest BCUT2D eigenvalue weighted by atomic mass is 19.4. The SMILES string of the molecule is CC(C)(c1ccc(OCC(O)CCC(F)(F)F)cc1)c1ccc(OCC2CO2)cc1. The second-order valence-electron chi connectivity index (χ2n) is 8.06.